The van der Waals surface area contributed by atoms with E-state index in [4.69, 9.17) is 11.3 Å². The van der Waals surface area contributed by atoms with E-state index in [0.29, 0.717) is 5.92 Å². The Morgan fingerprint density at radius 3 is 2.09 bits per heavy atom. The average molecular weight is 770 g/mol. The van der Waals surface area contributed by atoms with Crippen molar-refractivity contribution >= 4 is 35.4 Å². The molecule has 0 radical (unpaired) electrons. The molecule has 0 bridgehead atoms. The van der Waals surface area contributed by atoms with Gasteiger partial charge in [0.1, 0.15) is 17.0 Å². The summed E-state index contributed by atoms with van der Waals surface area (Å²) in [6, 6.07) is 38.3. The molecule has 1 aliphatic carbocycles. The van der Waals surface area contributed by atoms with Gasteiger partial charge in [0, 0.05) is 28.8 Å². The van der Waals surface area contributed by atoms with Gasteiger partial charge in [0.2, 0.25) is 5.69 Å². The topological polar surface area (TPSA) is 21.9 Å². The molecule has 0 amide bonds. The minimum atomic E-state index is -1.39. The molecule has 57 heavy (non-hydrogen) atoms. The number of allylic oxidation sites excluding steroid dienone is 4. The Hall–Kier alpha value is -5.26. The molecule has 1 aliphatic heterocycles. The molecule has 0 fully saturated rings. The molecule has 5 heteroatoms. The maximum Gasteiger partial charge on any atom is 0.298 e. The monoisotopic (exact) mass is 769 g/mol. The molecule has 0 saturated carbocycles. The summed E-state index contributed by atoms with van der Waals surface area (Å²) in [7, 11) is 2.70. The molecular weight excluding hydrogens is 711 g/mol. The van der Waals surface area contributed by atoms with Gasteiger partial charge in [0.15, 0.2) is 23.8 Å². The number of para-hydroxylation sites is 2. The second kappa shape index (κ2) is 14.0. The number of hydrogen-bond donors (Lipinski definition) is 0. The van der Waals surface area contributed by atoms with Crippen molar-refractivity contribution in [3.05, 3.63) is 145 Å². The van der Waals surface area contributed by atoms with Crippen molar-refractivity contribution in [1.29, 1.82) is 0 Å². The maximum absolute atomic E-state index is 6.47. The van der Waals surface area contributed by atoms with E-state index >= 15 is 0 Å². The Bertz CT molecular complexity index is 2620. The largest absolute Gasteiger partial charge is 0.496 e. The van der Waals surface area contributed by atoms with Crippen LogP contribution in [0.4, 0.5) is 0 Å². The van der Waals surface area contributed by atoms with Crippen molar-refractivity contribution in [2.24, 2.45) is 23.8 Å². The number of fused-ring (bicyclic) bond motifs is 4. The molecule has 4 nitrogen and oxygen atoms in total. The fraction of sp³-hybridized carbons (Fsp3) is 0.308. The molecule has 1 unspecified atom stereocenters. The Kier molecular flexibility index (Phi) is 9.47. The first-order valence-corrected chi connectivity index (χ1v) is 24.0. The number of ether oxygens (including phenoxy) is 1. The highest BCUT2D eigenvalue weighted by Gasteiger charge is 2.41. The van der Waals surface area contributed by atoms with Gasteiger partial charge in [-0.3, -0.25) is 0 Å². The lowest BCUT2D eigenvalue weighted by atomic mass is 9.68. The van der Waals surface area contributed by atoms with Gasteiger partial charge in [0.05, 0.1) is 27.8 Å². The molecule has 290 valence electrons. The fourth-order valence-electron chi connectivity index (χ4n) is 9.11. The van der Waals surface area contributed by atoms with E-state index in [1.807, 2.05) is 7.11 Å². The second-order valence-corrected chi connectivity index (χ2v) is 24.4. The van der Waals surface area contributed by atoms with E-state index in [2.05, 4.69) is 197 Å². The van der Waals surface area contributed by atoms with Crippen molar-refractivity contribution in [2.45, 2.75) is 74.1 Å². The van der Waals surface area contributed by atoms with Crippen LogP contribution in [0.3, 0.4) is 0 Å². The predicted octanol–water partition coefficient (Wildman–Crippen LogP) is 11.7. The minimum absolute atomic E-state index is 0.0588. The van der Waals surface area contributed by atoms with Gasteiger partial charge in [-0.2, -0.15) is 9.13 Å². The quantitative estimate of drug-likeness (QED) is 0.122. The van der Waals surface area contributed by atoms with E-state index in [1.165, 1.54) is 55.4 Å². The van der Waals surface area contributed by atoms with Gasteiger partial charge in [0.25, 0.3) is 5.82 Å². The lowest BCUT2D eigenvalue weighted by Crippen LogP contribution is -2.39. The Morgan fingerprint density at radius 1 is 0.772 bits per heavy atom. The number of nitrogens with zero attached hydrogens (tertiary/aromatic N) is 3. The number of methoxy groups -OCH3 is 1. The summed E-state index contributed by atoms with van der Waals surface area (Å²) in [5, 5.41) is 1.48. The molecule has 6 aromatic rings. The Labute approximate surface area is 341 Å². The molecular formula is C52H59N3OSi+2. The van der Waals surface area contributed by atoms with Crippen LogP contribution in [0.15, 0.2) is 133 Å². The molecule has 0 saturated heterocycles. The van der Waals surface area contributed by atoms with Crippen LogP contribution >= 0.6 is 0 Å². The average Bonchev–Trinajstić information content (AvgIpc) is 3.48. The summed E-state index contributed by atoms with van der Waals surface area (Å²) in [5.74, 6) is 2.45. The number of pyridine rings is 1. The fourth-order valence-corrected chi connectivity index (χ4v) is 10.3. The van der Waals surface area contributed by atoms with E-state index in [-0.39, 0.29) is 10.8 Å². The maximum atomic E-state index is 6.47. The summed E-state index contributed by atoms with van der Waals surface area (Å²) < 4.78 is 13.7. The lowest BCUT2D eigenvalue weighted by Gasteiger charge is -2.37. The third kappa shape index (κ3) is 6.74. The highest BCUT2D eigenvalue weighted by molar-refractivity contribution is 6.88. The van der Waals surface area contributed by atoms with Crippen LogP contribution in [0.1, 0.15) is 59.4 Å². The molecule has 2 aliphatic rings. The molecule has 0 spiro atoms. The van der Waals surface area contributed by atoms with E-state index < -0.39 is 8.07 Å². The van der Waals surface area contributed by atoms with Crippen LogP contribution in [0, 0.1) is 16.7 Å². The second-order valence-electron chi connectivity index (χ2n) is 19.3. The first-order valence-electron chi connectivity index (χ1n) is 20.5. The number of aryl methyl sites for hydroxylation is 1. The molecule has 8 rings (SSSR count). The highest BCUT2D eigenvalue weighted by atomic mass is 28.3. The summed E-state index contributed by atoms with van der Waals surface area (Å²) in [5.41, 5.74) is 15.6. The van der Waals surface area contributed by atoms with Crippen LogP contribution in [0.25, 0.3) is 61.4 Å². The van der Waals surface area contributed by atoms with Crippen molar-refractivity contribution < 1.29 is 13.9 Å². The Morgan fingerprint density at radius 2 is 1.44 bits per heavy atom. The van der Waals surface area contributed by atoms with E-state index in [1.54, 1.807) is 0 Å². The number of hydrogen-bond acceptors (Lipinski definition) is 1. The molecule has 0 N–H and O–H groups in total. The van der Waals surface area contributed by atoms with Crippen molar-refractivity contribution in [1.82, 2.24) is 4.57 Å². The summed E-state index contributed by atoms with van der Waals surface area (Å²) in [6.07, 6.45) is 5.71. The van der Waals surface area contributed by atoms with Crippen LogP contribution in [0.5, 0.6) is 0 Å². The number of benzene rings is 4. The molecule has 4 aromatic carbocycles. The predicted molar refractivity (Wildman–Crippen MR) is 242 cm³/mol. The van der Waals surface area contributed by atoms with Gasteiger partial charge < -0.3 is 4.74 Å². The van der Waals surface area contributed by atoms with E-state index in [0.717, 1.165) is 46.9 Å². The molecule has 2 aromatic heterocycles. The van der Waals surface area contributed by atoms with Gasteiger partial charge in [-0.05, 0) is 75.8 Å². The smallest absolute Gasteiger partial charge is 0.298 e. The SMILES string of the molecule is C=C1C[n+]2ccc(-c3ccc([Si](C)(C)C)cc3)cc2-c2cccc(-c3cccc4c3[n+](C)c(C3=CC(C(C)(C)C)CC(C(C)(C)C)=C3OC)n4-c3ccccc3)c21. The van der Waals surface area contributed by atoms with Crippen LogP contribution < -0.4 is 14.3 Å². The third-order valence-corrected chi connectivity index (χ3v) is 14.4. The van der Waals surface area contributed by atoms with E-state index in [9.17, 15) is 0 Å². The van der Waals surface area contributed by atoms with Gasteiger partial charge >= 0.3 is 0 Å². The lowest BCUT2D eigenvalue weighted by molar-refractivity contribution is -0.674. The zero-order chi connectivity index (χ0) is 40.6. The number of aromatic nitrogens is 3. The first-order chi connectivity index (χ1) is 27.0. The van der Waals surface area contributed by atoms with Crippen molar-refractivity contribution in [3.8, 4) is 39.2 Å². The van der Waals surface area contributed by atoms with Crippen molar-refractivity contribution in [3.63, 3.8) is 0 Å². The third-order valence-electron chi connectivity index (χ3n) is 12.4. The van der Waals surface area contributed by atoms with Gasteiger partial charge in [-0.1, -0.05) is 140 Å². The van der Waals surface area contributed by atoms with Gasteiger partial charge in [-0.15, -0.1) is 0 Å². The number of rotatable bonds is 6. The first kappa shape index (κ1) is 38.6. The molecule has 3 heterocycles. The van der Waals surface area contributed by atoms with Crippen LogP contribution in [-0.4, -0.2) is 19.8 Å². The summed E-state index contributed by atoms with van der Waals surface area (Å²) in [6.45, 7) is 26.7. The molecule has 1 atom stereocenters. The zero-order valence-electron chi connectivity index (χ0n) is 35.9. The standard InChI is InChI=1S/C52H59N3OSi/c1-34-33-54-29-28-36(35-24-26-39(27-25-35)57(10,11)12)30-46(54)42-22-16-20-40(47(34)42)41-21-17-23-45-48(41)53(8)50(55(45)38-18-14-13-15-19-38)43-31-37(51(2,3)4)32-44(49(43)56-9)52(5,6)7/h13-31,37H,1,32-33H2,2-12H3/q+2. The summed E-state index contributed by atoms with van der Waals surface area (Å²) >= 11 is 0. The normalized spacial score (nSPS) is 16.1. The van der Waals surface area contributed by atoms with Crippen molar-refractivity contribution in [2.75, 3.05) is 7.11 Å². The zero-order valence-corrected chi connectivity index (χ0v) is 36.9. The Balaban J connectivity index is 1.37. The van der Waals surface area contributed by atoms with Crippen LogP contribution in [-0.2, 0) is 18.3 Å². The summed E-state index contributed by atoms with van der Waals surface area (Å²) in [4.78, 5) is 0. The van der Waals surface area contributed by atoms with Crippen LogP contribution in [0.2, 0.25) is 19.6 Å². The highest BCUT2D eigenvalue weighted by Crippen LogP contribution is 2.48. The number of imidazole rings is 1. The van der Waals surface area contributed by atoms with Gasteiger partial charge in [-0.25, -0.2) is 4.57 Å². The minimum Gasteiger partial charge on any atom is -0.496 e.